The lowest BCUT2D eigenvalue weighted by molar-refractivity contribution is -0.125. The highest BCUT2D eigenvalue weighted by atomic mass is 32.2. The fourth-order valence-electron chi connectivity index (χ4n) is 5.30. The SMILES string of the molecule is CCC(C)C(NC(=O)N(C)Cc1csc(C(C)C)n1)C(=O)N[C@@H](Cc1ccccc1)[C@H](O)CN(CC(C)C)S(=O)(=O)c1ccc(/C=N/O)cc1. The zero-order chi connectivity index (χ0) is 37.0. The molecular formula is C36H52N6O6S2. The van der Waals surface area contributed by atoms with Gasteiger partial charge in [-0.25, -0.2) is 18.2 Å². The molecule has 3 rings (SSSR count). The largest absolute Gasteiger partial charge is 0.411 e. The van der Waals surface area contributed by atoms with Crippen LogP contribution in [0.2, 0.25) is 0 Å². The van der Waals surface area contributed by atoms with Crippen LogP contribution < -0.4 is 10.6 Å². The van der Waals surface area contributed by atoms with Gasteiger partial charge in [-0.05, 0) is 41.5 Å². The molecule has 0 spiro atoms. The predicted octanol–water partition coefficient (Wildman–Crippen LogP) is 5.07. The van der Waals surface area contributed by atoms with Crippen molar-refractivity contribution in [3.05, 3.63) is 81.8 Å². The van der Waals surface area contributed by atoms with Crippen molar-refractivity contribution < 1.29 is 28.3 Å². The van der Waals surface area contributed by atoms with Gasteiger partial charge < -0.3 is 25.8 Å². The van der Waals surface area contributed by atoms with Crippen molar-refractivity contribution in [2.24, 2.45) is 17.0 Å². The van der Waals surface area contributed by atoms with Gasteiger partial charge in [-0.3, -0.25) is 4.79 Å². The fourth-order valence-corrected chi connectivity index (χ4v) is 7.75. The van der Waals surface area contributed by atoms with Gasteiger partial charge in [0.05, 0.1) is 40.5 Å². The molecule has 0 radical (unpaired) electrons. The van der Waals surface area contributed by atoms with Gasteiger partial charge >= 0.3 is 6.03 Å². The van der Waals surface area contributed by atoms with Crippen LogP contribution >= 0.6 is 11.3 Å². The molecule has 0 aliphatic heterocycles. The van der Waals surface area contributed by atoms with Gasteiger partial charge in [-0.2, -0.15) is 4.31 Å². The standard InChI is InChI=1S/C36H52N6O6S2/c1-8-26(6)33(40-36(45)41(7)21-29-23-49-35(38-29)25(4)5)34(44)39-31(18-27-12-10-9-11-13-27)32(43)22-42(20-24(2)3)50(47,48)30-16-14-28(15-17-30)19-37-46/h9-17,19,23-26,31-33,43,46H,8,18,20-22H2,1-7H3,(H,39,44)(H,40,45)/b37-19+/t26?,31-,32+,33?/m0/s1. The molecule has 2 unspecified atom stereocenters. The van der Waals surface area contributed by atoms with Crippen LogP contribution in [0.3, 0.4) is 0 Å². The number of aromatic nitrogens is 1. The van der Waals surface area contributed by atoms with Crippen molar-refractivity contribution >= 4 is 39.5 Å². The molecule has 14 heteroatoms. The van der Waals surface area contributed by atoms with E-state index >= 15 is 0 Å². The molecule has 0 fully saturated rings. The topological polar surface area (TPSA) is 165 Å². The Morgan fingerprint density at radius 2 is 1.66 bits per heavy atom. The zero-order valence-electron chi connectivity index (χ0n) is 30.0. The number of carbonyl (C=O) groups excluding carboxylic acids is 2. The minimum absolute atomic E-state index is 0.0193. The second-order valence-electron chi connectivity index (χ2n) is 13.4. The molecule has 4 atom stereocenters. The molecule has 0 aliphatic rings. The molecule has 1 heterocycles. The molecule has 12 nitrogen and oxygen atoms in total. The molecule has 3 aromatic rings. The highest BCUT2D eigenvalue weighted by Gasteiger charge is 2.34. The maximum Gasteiger partial charge on any atom is 0.318 e. The number of rotatable bonds is 18. The average Bonchev–Trinajstić information content (AvgIpc) is 3.55. The lowest BCUT2D eigenvalue weighted by Gasteiger charge is -2.33. The van der Waals surface area contributed by atoms with Crippen LogP contribution in [-0.4, -0.2) is 89.4 Å². The number of benzene rings is 2. The van der Waals surface area contributed by atoms with Gasteiger partial charge in [-0.15, -0.1) is 11.3 Å². The number of hydrogen-bond donors (Lipinski definition) is 4. The Hall–Kier alpha value is -3.85. The summed E-state index contributed by atoms with van der Waals surface area (Å²) in [4.78, 5) is 33.5. The Bertz CT molecular complexity index is 1650. The maximum atomic E-state index is 14.0. The van der Waals surface area contributed by atoms with Crippen molar-refractivity contribution in [1.29, 1.82) is 0 Å². The number of nitrogens with one attached hydrogen (secondary N) is 2. The second kappa shape index (κ2) is 18.9. The van der Waals surface area contributed by atoms with Crippen molar-refractivity contribution in [1.82, 2.24) is 24.8 Å². The van der Waals surface area contributed by atoms with Crippen molar-refractivity contribution in [2.75, 3.05) is 20.1 Å². The summed E-state index contributed by atoms with van der Waals surface area (Å²) in [6.45, 7) is 11.8. The summed E-state index contributed by atoms with van der Waals surface area (Å²) in [7, 11) is -2.41. The Balaban J connectivity index is 1.85. The highest BCUT2D eigenvalue weighted by Crippen LogP contribution is 2.22. The normalized spacial score (nSPS) is 14.5. The quantitative estimate of drug-likeness (QED) is 0.0808. The van der Waals surface area contributed by atoms with E-state index in [1.807, 2.05) is 63.4 Å². The van der Waals surface area contributed by atoms with Crippen molar-refractivity contribution in [3.63, 3.8) is 0 Å². The molecule has 50 heavy (non-hydrogen) atoms. The van der Waals surface area contributed by atoms with Crippen LogP contribution in [0.25, 0.3) is 0 Å². The molecule has 0 aliphatic carbocycles. The van der Waals surface area contributed by atoms with E-state index in [4.69, 9.17) is 5.21 Å². The number of nitrogens with zero attached hydrogens (tertiary/aromatic N) is 4. The molecule has 0 saturated heterocycles. The third-order valence-corrected chi connectivity index (χ3v) is 11.4. The zero-order valence-corrected chi connectivity index (χ0v) is 31.6. The summed E-state index contributed by atoms with van der Waals surface area (Å²) in [5.74, 6) is -0.507. The van der Waals surface area contributed by atoms with Crippen molar-refractivity contribution in [3.8, 4) is 0 Å². The van der Waals surface area contributed by atoms with Gasteiger partial charge in [0.2, 0.25) is 15.9 Å². The highest BCUT2D eigenvalue weighted by molar-refractivity contribution is 7.89. The first-order valence-corrected chi connectivity index (χ1v) is 19.2. The van der Waals surface area contributed by atoms with Gasteiger partial charge in [0.25, 0.3) is 0 Å². The summed E-state index contributed by atoms with van der Waals surface area (Å²) in [6.07, 6.45) is 0.714. The van der Waals surface area contributed by atoms with E-state index in [0.29, 0.717) is 12.0 Å². The van der Waals surface area contributed by atoms with Gasteiger partial charge in [-0.1, -0.05) is 95.6 Å². The summed E-state index contributed by atoms with van der Waals surface area (Å²) in [5, 5.41) is 32.3. The smallest absolute Gasteiger partial charge is 0.318 e. The Kier molecular flexibility index (Phi) is 15.4. The molecular weight excluding hydrogens is 677 g/mol. The van der Waals surface area contributed by atoms with Crippen LogP contribution in [0.5, 0.6) is 0 Å². The number of urea groups is 1. The van der Waals surface area contributed by atoms with Crippen LogP contribution in [0.1, 0.15) is 75.7 Å². The Morgan fingerprint density at radius 1 is 1.00 bits per heavy atom. The average molecular weight is 729 g/mol. The van der Waals surface area contributed by atoms with Gasteiger partial charge in [0.1, 0.15) is 6.04 Å². The summed E-state index contributed by atoms with van der Waals surface area (Å²) >= 11 is 1.55. The third kappa shape index (κ3) is 11.6. The number of thiazole rings is 1. The van der Waals surface area contributed by atoms with E-state index < -0.39 is 40.1 Å². The number of aliphatic hydroxyl groups is 1. The van der Waals surface area contributed by atoms with E-state index in [1.54, 1.807) is 18.4 Å². The first-order chi connectivity index (χ1) is 23.7. The molecule has 0 bridgehead atoms. The first-order valence-electron chi connectivity index (χ1n) is 16.9. The van der Waals surface area contributed by atoms with Crippen molar-refractivity contribution in [2.45, 2.75) is 89.9 Å². The molecule has 1 aromatic heterocycles. The summed E-state index contributed by atoms with van der Waals surface area (Å²) in [6, 6.07) is 13.0. The molecule has 0 saturated carbocycles. The van der Waals surface area contributed by atoms with Crippen LogP contribution in [0.15, 0.2) is 70.0 Å². The number of aliphatic hydroxyl groups excluding tert-OH is 1. The molecule has 2 aromatic carbocycles. The minimum atomic E-state index is -4.06. The maximum absolute atomic E-state index is 14.0. The number of oxime groups is 1. The van der Waals surface area contributed by atoms with E-state index in [1.165, 1.54) is 39.7 Å². The summed E-state index contributed by atoms with van der Waals surface area (Å²) in [5.41, 5.74) is 2.12. The third-order valence-electron chi connectivity index (χ3n) is 8.36. The van der Waals surface area contributed by atoms with Gasteiger partial charge in [0, 0.05) is 31.4 Å². The number of carbonyl (C=O) groups is 2. The van der Waals surface area contributed by atoms with E-state index in [-0.39, 0.29) is 48.7 Å². The van der Waals surface area contributed by atoms with E-state index in [9.17, 15) is 23.1 Å². The predicted molar refractivity (Wildman–Crippen MR) is 197 cm³/mol. The monoisotopic (exact) mass is 728 g/mol. The molecule has 4 N–H and O–H groups in total. The van der Waals surface area contributed by atoms with Crippen LogP contribution in [-0.2, 0) is 27.8 Å². The minimum Gasteiger partial charge on any atom is -0.411 e. The summed E-state index contributed by atoms with van der Waals surface area (Å²) < 4.78 is 28.9. The lowest BCUT2D eigenvalue weighted by atomic mass is 9.96. The first kappa shape index (κ1) is 40.6. The molecule has 3 amide bonds. The Morgan fingerprint density at radius 3 is 2.22 bits per heavy atom. The number of hydrogen-bond acceptors (Lipinski definition) is 9. The van der Waals surface area contributed by atoms with Gasteiger partial charge in [0.15, 0.2) is 0 Å². The van der Waals surface area contributed by atoms with E-state index in [2.05, 4.69) is 34.6 Å². The fraction of sp³-hybridized carbons (Fsp3) is 0.500. The van der Waals surface area contributed by atoms with Crippen LogP contribution in [0.4, 0.5) is 4.79 Å². The Labute approximate surface area is 300 Å². The molecule has 274 valence electrons. The van der Waals surface area contributed by atoms with Crippen LogP contribution in [0, 0.1) is 11.8 Å². The van der Waals surface area contributed by atoms with E-state index in [0.717, 1.165) is 16.3 Å². The number of sulfonamides is 1. The lowest BCUT2D eigenvalue weighted by Crippen LogP contribution is -2.58. The second-order valence-corrected chi connectivity index (χ2v) is 16.2. The number of amides is 3.